The first-order valence-corrected chi connectivity index (χ1v) is 13.3. The molecule has 0 aromatic rings. The maximum Gasteiger partial charge on any atom is 0.305 e. The highest BCUT2D eigenvalue weighted by molar-refractivity contribution is 5.69. The molecule has 4 aliphatic carbocycles. The van der Waals surface area contributed by atoms with Gasteiger partial charge in [0.25, 0.3) is 0 Å². The third-order valence-corrected chi connectivity index (χ3v) is 12.7. The van der Waals surface area contributed by atoms with E-state index in [1.54, 1.807) is 0 Å². The average Bonchev–Trinajstić information content (AvgIpc) is 3.13. The fraction of sp³-hybridized carbons (Fsp3) is 0.897. The highest BCUT2D eigenvalue weighted by atomic mass is 16.5. The Balaban J connectivity index is 1.65. The van der Waals surface area contributed by atoms with Gasteiger partial charge >= 0.3 is 5.97 Å². The number of aliphatic hydroxyl groups excluding tert-OH is 1. The van der Waals surface area contributed by atoms with Crippen LogP contribution in [0.3, 0.4) is 0 Å². The normalized spacial score (nSPS) is 51.2. The Labute approximate surface area is 196 Å². The molecule has 4 saturated carbocycles. The molecule has 182 valence electrons. The first-order valence-electron chi connectivity index (χ1n) is 13.3. The molecule has 3 nitrogen and oxygen atoms in total. The van der Waals surface area contributed by atoms with Gasteiger partial charge in [-0.15, -0.1) is 6.58 Å². The first-order chi connectivity index (χ1) is 14.9. The number of aliphatic hydroxyl groups is 1. The number of fused-ring (bicyclic) bond motifs is 5. The van der Waals surface area contributed by atoms with Crippen molar-refractivity contribution in [2.45, 2.75) is 111 Å². The number of esters is 1. The van der Waals surface area contributed by atoms with Crippen molar-refractivity contribution in [1.82, 2.24) is 0 Å². The van der Waals surface area contributed by atoms with Gasteiger partial charge in [0, 0.05) is 6.42 Å². The summed E-state index contributed by atoms with van der Waals surface area (Å²) in [6.07, 6.45) is 14.2. The van der Waals surface area contributed by atoms with Crippen LogP contribution in [-0.4, -0.2) is 24.3 Å². The summed E-state index contributed by atoms with van der Waals surface area (Å²) < 4.78 is 4.92. The summed E-state index contributed by atoms with van der Waals surface area (Å²) in [5.74, 6) is 1.94. The molecule has 32 heavy (non-hydrogen) atoms. The molecule has 4 rings (SSSR count). The summed E-state index contributed by atoms with van der Waals surface area (Å²) >= 11 is 0. The lowest BCUT2D eigenvalue weighted by molar-refractivity contribution is -0.254. The minimum Gasteiger partial charge on any atom is -0.469 e. The number of carbonyl (C=O) groups excluding carboxylic acids is 1. The van der Waals surface area contributed by atoms with E-state index in [9.17, 15) is 9.90 Å². The molecule has 0 aromatic heterocycles. The zero-order valence-corrected chi connectivity index (χ0v) is 21.6. The van der Waals surface area contributed by atoms with Crippen molar-refractivity contribution in [3.63, 3.8) is 0 Å². The van der Waals surface area contributed by atoms with Gasteiger partial charge in [-0.25, -0.2) is 0 Å². The summed E-state index contributed by atoms with van der Waals surface area (Å²) in [4.78, 5) is 11.8. The molecular weight excluding hydrogens is 396 g/mol. The molecular formula is C29H48O3. The van der Waals surface area contributed by atoms with Crippen LogP contribution < -0.4 is 0 Å². The van der Waals surface area contributed by atoms with Crippen molar-refractivity contribution in [1.29, 1.82) is 0 Å². The van der Waals surface area contributed by atoms with E-state index in [-0.39, 0.29) is 28.3 Å². The molecule has 0 amide bonds. The molecule has 4 aliphatic rings. The van der Waals surface area contributed by atoms with Crippen molar-refractivity contribution < 1.29 is 14.6 Å². The zero-order valence-electron chi connectivity index (χ0n) is 21.6. The summed E-state index contributed by atoms with van der Waals surface area (Å²) in [5.41, 5.74) is 1.21. The number of methoxy groups -OCH3 is 1. The topological polar surface area (TPSA) is 46.5 Å². The number of carbonyl (C=O) groups is 1. The van der Waals surface area contributed by atoms with Gasteiger partial charge in [-0.1, -0.05) is 40.7 Å². The SMILES string of the molecule is C=CC12CCC3(C)C4CCC(C(C)CCC(=O)OC)C4(C)CCC3(C)C1(C)CCC(O)C2. The van der Waals surface area contributed by atoms with E-state index in [2.05, 4.69) is 47.3 Å². The summed E-state index contributed by atoms with van der Waals surface area (Å²) in [6, 6.07) is 0. The van der Waals surface area contributed by atoms with Gasteiger partial charge in [0.2, 0.25) is 0 Å². The van der Waals surface area contributed by atoms with Gasteiger partial charge in [-0.2, -0.15) is 0 Å². The van der Waals surface area contributed by atoms with Crippen LogP contribution in [0.5, 0.6) is 0 Å². The van der Waals surface area contributed by atoms with E-state index in [0.717, 1.165) is 31.6 Å². The van der Waals surface area contributed by atoms with Crippen LogP contribution in [0.2, 0.25) is 0 Å². The predicted molar refractivity (Wildman–Crippen MR) is 130 cm³/mol. The molecule has 4 fully saturated rings. The van der Waals surface area contributed by atoms with Crippen molar-refractivity contribution in [2.75, 3.05) is 7.11 Å². The third kappa shape index (κ3) is 2.98. The van der Waals surface area contributed by atoms with Crippen molar-refractivity contribution >= 4 is 5.97 Å². The Hall–Kier alpha value is -0.830. The lowest BCUT2D eigenvalue weighted by Crippen LogP contribution is -2.68. The highest BCUT2D eigenvalue weighted by Crippen LogP contribution is 2.80. The average molecular weight is 445 g/mol. The van der Waals surface area contributed by atoms with Gasteiger partial charge in [0.15, 0.2) is 0 Å². The molecule has 0 saturated heterocycles. The summed E-state index contributed by atoms with van der Waals surface area (Å²) in [7, 11) is 1.50. The highest BCUT2D eigenvalue weighted by Gasteiger charge is 2.73. The van der Waals surface area contributed by atoms with Crippen LogP contribution in [0.4, 0.5) is 0 Å². The molecule has 9 atom stereocenters. The number of allylic oxidation sites excluding steroid dienone is 1. The van der Waals surface area contributed by atoms with Gasteiger partial charge in [-0.05, 0) is 109 Å². The van der Waals surface area contributed by atoms with E-state index in [0.29, 0.717) is 29.1 Å². The fourth-order valence-corrected chi connectivity index (χ4v) is 10.3. The second kappa shape index (κ2) is 7.85. The zero-order chi connectivity index (χ0) is 23.6. The Morgan fingerprint density at radius 2 is 1.78 bits per heavy atom. The maximum atomic E-state index is 11.8. The molecule has 9 unspecified atom stereocenters. The van der Waals surface area contributed by atoms with E-state index in [1.807, 2.05) is 0 Å². The van der Waals surface area contributed by atoms with Crippen molar-refractivity contribution in [2.24, 2.45) is 44.8 Å². The standard InChI is InChI=1S/C29H48O3/c1-8-29-18-16-26(4)23-11-10-22(20(2)9-12-24(31)32-7)25(23,3)15-17-27(26,5)28(29,6)14-13-21(30)19-29/h8,20-23,30H,1,9-19H2,2-7H3. The van der Waals surface area contributed by atoms with Crippen LogP contribution in [0.1, 0.15) is 105 Å². The second-order valence-electron chi connectivity index (χ2n) is 13.2. The van der Waals surface area contributed by atoms with Crippen molar-refractivity contribution in [3.8, 4) is 0 Å². The van der Waals surface area contributed by atoms with E-state index in [4.69, 9.17) is 4.74 Å². The number of hydrogen-bond donors (Lipinski definition) is 1. The van der Waals surface area contributed by atoms with Gasteiger partial charge in [-0.3, -0.25) is 4.79 Å². The molecule has 0 aliphatic heterocycles. The van der Waals surface area contributed by atoms with Gasteiger partial charge < -0.3 is 9.84 Å². The summed E-state index contributed by atoms with van der Waals surface area (Å²) in [5, 5.41) is 10.6. The van der Waals surface area contributed by atoms with E-state index in [1.165, 1.54) is 45.6 Å². The lowest BCUT2D eigenvalue weighted by Gasteiger charge is -2.74. The largest absolute Gasteiger partial charge is 0.469 e. The predicted octanol–water partition coefficient (Wildman–Crippen LogP) is 6.93. The van der Waals surface area contributed by atoms with Gasteiger partial charge in [0.05, 0.1) is 13.2 Å². The minimum absolute atomic E-state index is 0.0679. The van der Waals surface area contributed by atoms with Crippen LogP contribution in [0.15, 0.2) is 12.7 Å². The lowest BCUT2D eigenvalue weighted by atomic mass is 9.30. The Morgan fingerprint density at radius 1 is 1.06 bits per heavy atom. The molecule has 3 heteroatoms. The Kier molecular flexibility index (Phi) is 5.96. The van der Waals surface area contributed by atoms with E-state index < -0.39 is 0 Å². The maximum absolute atomic E-state index is 11.8. The van der Waals surface area contributed by atoms with Crippen LogP contribution in [-0.2, 0) is 9.53 Å². The van der Waals surface area contributed by atoms with Crippen LogP contribution in [0, 0.1) is 44.8 Å². The van der Waals surface area contributed by atoms with E-state index >= 15 is 0 Å². The third-order valence-electron chi connectivity index (χ3n) is 12.7. The molecule has 0 heterocycles. The Bertz CT molecular complexity index is 762. The fourth-order valence-electron chi connectivity index (χ4n) is 10.3. The van der Waals surface area contributed by atoms with Crippen LogP contribution >= 0.6 is 0 Å². The van der Waals surface area contributed by atoms with Gasteiger partial charge in [0.1, 0.15) is 0 Å². The van der Waals surface area contributed by atoms with Crippen molar-refractivity contribution in [3.05, 3.63) is 12.7 Å². The Morgan fingerprint density at radius 3 is 2.44 bits per heavy atom. The first kappa shape index (κ1) is 24.3. The quantitative estimate of drug-likeness (QED) is 0.369. The number of rotatable bonds is 5. The minimum atomic E-state index is -0.172. The monoisotopic (exact) mass is 444 g/mol. The molecule has 0 spiro atoms. The number of ether oxygens (including phenoxy) is 1. The summed E-state index contributed by atoms with van der Waals surface area (Å²) in [6.45, 7) is 17.1. The molecule has 0 bridgehead atoms. The number of hydrogen-bond acceptors (Lipinski definition) is 3. The molecule has 0 radical (unpaired) electrons. The smallest absolute Gasteiger partial charge is 0.305 e. The van der Waals surface area contributed by atoms with Crippen LogP contribution in [0.25, 0.3) is 0 Å². The molecule has 1 N–H and O–H groups in total. The second-order valence-corrected chi connectivity index (χ2v) is 13.2. The molecule has 0 aromatic carbocycles.